The molecule has 2 aromatic rings. The Balaban J connectivity index is 2.05. The summed E-state index contributed by atoms with van der Waals surface area (Å²) < 4.78 is -0.0200. The molecule has 0 saturated heterocycles. The highest BCUT2D eigenvalue weighted by Crippen LogP contribution is 2.51. The summed E-state index contributed by atoms with van der Waals surface area (Å²) in [5.41, 5.74) is 5.83. The van der Waals surface area contributed by atoms with Gasteiger partial charge in [-0.15, -0.1) is 0 Å². The molecule has 17 heavy (non-hydrogen) atoms. The second kappa shape index (κ2) is 3.33. The first-order chi connectivity index (χ1) is 8.29. The molecule has 0 spiro atoms. The van der Waals surface area contributed by atoms with Crippen LogP contribution in [0.5, 0.6) is 0 Å². The summed E-state index contributed by atoms with van der Waals surface area (Å²) in [6.45, 7) is 0. The van der Waals surface area contributed by atoms with E-state index in [1.54, 1.807) is 0 Å². The lowest BCUT2D eigenvalue weighted by molar-refractivity contribution is 0.487. The zero-order valence-corrected chi connectivity index (χ0v) is 11.4. The van der Waals surface area contributed by atoms with Gasteiger partial charge in [-0.2, -0.15) is 0 Å². The van der Waals surface area contributed by atoms with E-state index in [2.05, 4.69) is 76.4 Å². The molecule has 84 valence electrons. The molecule has 2 atom stereocenters. The number of nitrogens with one attached hydrogen (secondary N) is 1. The quantitative estimate of drug-likeness (QED) is 0.442. The molecule has 0 amide bonds. The van der Waals surface area contributed by atoms with E-state index in [4.69, 9.17) is 0 Å². The van der Waals surface area contributed by atoms with Gasteiger partial charge in [-0.05, 0) is 28.7 Å². The van der Waals surface area contributed by atoms with Crippen LogP contribution >= 0.6 is 22.6 Å². The van der Waals surface area contributed by atoms with E-state index in [0.29, 0.717) is 6.04 Å². The molecule has 2 heterocycles. The van der Waals surface area contributed by atoms with Crippen molar-refractivity contribution in [2.24, 2.45) is 0 Å². The molecule has 0 aliphatic carbocycles. The lowest BCUT2D eigenvalue weighted by atomic mass is 9.93. The Hall–Kier alpha value is -0.870. The van der Waals surface area contributed by atoms with Gasteiger partial charge in [-0.3, -0.25) is 5.32 Å². The Labute approximate surface area is 114 Å². The molecule has 2 aliphatic heterocycles. The van der Waals surface area contributed by atoms with Crippen molar-refractivity contribution in [2.75, 3.05) is 0 Å². The van der Waals surface area contributed by atoms with Crippen molar-refractivity contribution < 1.29 is 0 Å². The normalized spacial score (nSPS) is 28.6. The van der Waals surface area contributed by atoms with Gasteiger partial charge in [0.2, 0.25) is 0 Å². The standard InChI is InChI=1S/C15H12IN/c16-15-12-7-3-1-5-10(12)9-14(17-15)11-6-2-4-8-13(11)15/h1-8,14,17H,9H2/t14-,15+/m1/s1. The molecule has 2 aromatic carbocycles. The van der Waals surface area contributed by atoms with Gasteiger partial charge in [0.15, 0.2) is 0 Å². The number of rotatable bonds is 0. The SMILES string of the molecule is I[C@]12N[C@H](Cc3ccccc31)c1ccccc12. The third-order valence-electron chi connectivity index (χ3n) is 3.89. The van der Waals surface area contributed by atoms with Crippen LogP contribution in [0, 0.1) is 0 Å². The first-order valence-electron chi connectivity index (χ1n) is 5.93. The predicted octanol–water partition coefficient (Wildman–Crippen LogP) is 3.52. The Morgan fingerprint density at radius 3 is 2.59 bits per heavy atom. The second-order valence-electron chi connectivity index (χ2n) is 4.80. The maximum absolute atomic E-state index is 3.78. The Bertz CT molecular complexity index is 594. The predicted molar refractivity (Wildman–Crippen MR) is 77.3 cm³/mol. The van der Waals surface area contributed by atoms with Crippen molar-refractivity contribution >= 4 is 22.6 Å². The van der Waals surface area contributed by atoms with Gasteiger partial charge >= 0.3 is 0 Å². The van der Waals surface area contributed by atoms with Crippen LogP contribution in [-0.4, -0.2) is 0 Å². The summed E-state index contributed by atoms with van der Waals surface area (Å²) in [7, 11) is 0. The van der Waals surface area contributed by atoms with Crippen molar-refractivity contribution in [2.45, 2.75) is 16.0 Å². The molecule has 1 nitrogen and oxygen atoms in total. The van der Waals surface area contributed by atoms with Gasteiger partial charge in [0.05, 0.1) is 0 Å². The Morgan fingerprint density at radius 1 is 1.00 bits per heavy atom. The fraction of sp³-hybridized carbons (Fsp3) is 0.200. The zero-order valence-electron chi connectivity index (χ0n) is 9.28. The van der Waals surface area contributed by atoms with E-state index < -0.39 is 0 Å². The van der Waals surface area contributed by atoms with Crippen LogP contribution in [0.3, 0.4) is 0 Å². The molecular formula is C15H12IN. The van der Waals surface area contributed by atoms with Crippen LogP contribution in [0.25, 0.3) is 0 Å². The van der Waals surface area contributed by atoms with Gasteiger partial charge in [-0.1, -0.05) is 71.1 Å². The zero-order chi connectivity index (χ0) is 11.5. The van der Waals surface area contributed by atoms with Crippen LogP contribution in [0.4, 0.5) is 0 Å². The topological polar surface area (TPSA) is 12.0 Å². The van der Waals surface area contributed by atoms with E-state index in [1.165, 1.54) is 22.3 Å². The van der Waals surface area contributed by atoms with Crippen LogP contribution in [0.1, 0.15) is 28.3 Å². The van der Waals surface area contributed by atoms with Gasteiger partial charge in [-0.25, -0.2) is 0 Å². The summed E-state index contributed by atoms with van der Waals surface area (Å²) in [6, 6.07) is 18.1. The van der Waals surface area contributed by atoms with Crippen molar-refractivity contribution in [3.05, 3.63) is 70.8 Å². The number of fused-ring (bicyclic) bond motifs is 7. The molecule has 0 unspecified atom stereocenters. The molecule has 2 aliphatic rings. The maximum atomic E-state index is 3.78. The van der Waals surface area contributed by atoms with E-state index >= 15 is 0 Å². The number of alkyl halides is 1. The van der Waals surface area contributed by atoms with Crippen LogP contribution in [0.2, 0.25) is 0 Å². The monoisotopic (exact) mass is 333 g/mol. The highest BCUT2D eigenvalue weighted by molar-refractivity contribution is 14.1. The summed E-state index contributed by atoms with van der Waals surface area (Å²) in [5.74, 6) is 0. The molecule has 0 saturated carbocycles. The Morgan fingerprint density at radius 2 is 1.71 bits per heavy atom. The molecule has 2 bridgehead atoms. The number of hydrogen-bond acceptors (Lipinski definition) is 1. The number of benzene rings is 2. The minimum Gasteiger partial charge on any atom is -0.288 e. The van der Waals surface area contributed by atoms with Crippen molar-refractivity contribution in [3.8, 4) is 0 Å². The largest absolute Gasteiger partial charge is 0.288 e. The Kier molecular flexibility index (Phi) is 1.97. The van der Waals surface area contributed by atoms with Crippen molar-refractivity contribution in [1.82, 2.24) is 5.32 Å². The van der Waals surface area contributed by atoms with E-state index in [1.807, 2.05) is 0 Å². The highest BCUT2D eigenvalue weighted by atomic mass is 127. The molecule has 0 fully saturated rings. The summed E-state index contributed by atoms with van der Waals surface area (Å²) in [4.78, 5) is 0. The summed E-state index contributed by atoms with van der Waals surface area (Å²) >= 11 is 2.57. The van der Waals surface area contributed by atoms with Crippen LogP contribution in [-0.2, 0) is 9.97 Å². The van der Waals surface area contributed by atoms with Crippen LogP contribution in [0.15, 0.2) is 48.5 Å². The third-order valence-corrected chi connectivity index (χ3v) is 5.37. The van der Waals surface area contributed by atoms with Crippen molar-refractivity contribution in [3.63, 3.8) is 0 Å². The minimum absolute atomic E-state index is 0.0200. The van der Waals surface area contributed by atoms with Crippen LogP contribution < -0.4 is 5.32 Å². The molecule has 2 heteroatoms. The maximum Gasteiger partial charge on any atom is 0.123 e. The van der Waals surface area contributed by atoms with E-state index in [9.17, 15) is 0 Å². The van der Waals surface area contributed by atoms with Gasteiger partial charge in [0.1, 0.15) is 3.55 Å². The first-order valence-corrected chi connectivity index (χ1v) is 7.01. The number of hydrogen-bond donors (Lipinski definition) is 1. The highest BCUT2D eigenvalue weighted by Gasteiger charge is 2.46. The average Bonchev–Trinajstić information content (AvgIpc) is 2.61. The molecule has 0 aromatic heterocycles. The fourth-order valence-electron chi connectivity index (χ4n) is 3.15. The minimum atomic E-state index is -0.0200. The average molecular weight is 333 g/mol. The fourth-order valence-corrected chi connectivity index (χ4v) is 4.54. The smallest absolute Gasteiger partial charge is 0.123 e. The molecule has 1 N–H and O–H groups in total. The number of halogens is 1. The van der Waals surface area contributed by atoms with Gasteiger partial charge in [0, 0.05) is 6.04 Å². The molecule has 4 rings (SSSR count). The summed E-state index contributed by atoms with van der Waals surface area (Å²) in [5, 5.41) is 3.78. The molecule has 0 radical (unpaired) electrons. The van der Waals surface area contributed by atoms with Crippen molar-refractivity contribution in [1.29, 1.82) is 0 Å². The second-order valence-corrected chi connectivity index (χ2v) is 6.42. The van der Waals surface area contributed by atoms with E-state index in [-0.39, 0.29) is 3.55 Å². The van der Waals surface area contributed by atoms with E-state index in [0.717, 1.165) is 6.42 Å². The lowest BCUT2D eigenvalue weighted by Gasteiger charge is -2.32. The third kappa shape index (κ3) is 1.23. The van der Waals surface area contributed by atoms with Gasteiger partial charge < -0.3 is 0 Å². The lowest BCUT2D eigenvalue weighted by Crippen LogP contribution is -2.38. The summed E-state index contributed by atoms with van der Waals surface area (Å²) in [6.07, 6.45) is 1.11. The molecular weight excluding hydrogens is 321 g/mol. The van der Waals surface area contributed by atoms with Gasteiger partial charge in [0.25, 0.3) is 0 Å². The first kappa shape index (κ1) is 10.1.